The first-order chi connectivity index (χ1) is 10.7. The molecule has 1 aliphatic heterocycles. The number of amides is 1. The molecular weight excluding hydrogens is 278 g/mol. The van der Waals surface area contributed by atoms with E-state index in [2.05, 4.69) is 10.3 Å². The fourth-order valence-electron chi connectivity index (χ4n) is 2.99. The monoisotopic (exact) mass is 299 g/mol. The molecule has 0 bridgehead atoms. The summed E-state index contributed by atoms with van der Waals surface area (Å²) in [4.78, 5) is 14.4. The molecule has 1 aromatic carbocycles. The number of nitrogens with zero attached hydrogens (tertiary/aromatic N) is 4. The predicted molar refractivity (Wildman–Crippen MR) is 83.6 cm³/mol. The van der Waals surface area contributed by atoms with Crippen LogP contribution in [-0.2, 0) is 11.2 Å². The topological polar surface area (TPSA) is 77.0 Å². The number of para-hydroxylation sites is 1. The minimum Gasteiger partial charge on any atom is -0.338 e. The summed E-state index contributed by atoms with van der Waals surface area (Å²) in [5, 5.41) is 8.36. The Balaban J connectivity index is 1.76. The van der Waals surface area contributed by atoms with Gasteiger partial charge in [0.2, 0.25) is 5.91 Å². The van der Waals surface area contributed by atoms with Crippen LogP contribution < -0.4 is 5.73 Å². The lowest BCUT2D eigenvalue weighted by Gasteiger charge is -2.23. The van der Waals surface area contributed by atoms with E-state index >= 15 is 0 Å². The molecule has 1 aromatic heterocycles. The van der Waals surface area contributed by atoms with Gasteiger partial charge in [0.05, 0.1) is 23.5 Å². The molecule has 22 heavy (non-hydrogen) atoms. The van der Waals surface area contributed by atoms with Crippen LogP contribution in [0.5, 0.6) is 0 Å². The molecule has 2 heterocycles. The Morgan fingerprint density at radius 3 is 2.86 bits per heavy atom. The molecule has 0 aliphatic carbocycles. The predicted octanol–water partition coefficient (Wildman–Crippen LogP) is 1.07. The molecule has 1 aliphatic rings. The van der Waals surface area contributed by atoms with Crippen LogP contribution in [-0.4, -0.2) is 44.9 Å². The first-order valence-corrected chi connectivity index (χ1v) is 7.67. The third-order valence-corrected chi connectivity index (χ3v) is 4.28. The standard InChI is InChI=1S/C16H21N5O/c1-12-15(10-16(22)20-9-5-8-14(20)11-17)18-19-21(12)13-6-3-2-4-7-13/h2-4,6-7,14H,5,8-11,17H2,1H3/t14-/m0/s1. The maximum Gasteiger partial charge on any atom is 0.229 e. The Hall–Kier alpha value is -2.21. The van der Waals surface area contributed by atoms with E-state index in [0.717, 1.165) is 36.5 Å². The zero-order valence-electron chi connectivity index (χ0n) is 12.8. The van der Waals surface area contributed by atoms with Crippen molar-refractivity contribution in [2.24, 2.45) is 5.73 Å². The summed E-state index contributed by atoms with van der Waals surface area (Å²) in [7, 11) is 0. The van der Waals surface area contributed by atoms with E-state index in [9.17, 15) is 4.79 Å². The molecule has 2 aromatic rings. The van der Waals surface area contributed by atoms with Crippen molar-refractivity contribution in [2.45, 2.75) is 32.2 Å². The number of nitrogens with two attached hydrogens (primary N) is 1. The highest BCUT2D eigenvalue weighted by Gasteiger charge is 2.28. The quantitative estimate of drug-likeness (QED) is 0.916. The highest BCUT2D eigenvalue weighted by atomic mass is 16.2. The average Bonchev–Trinajstić information content (AvgIpc) is 3.15. The summed E-state index contributed by atoms with van der Waals surface area (Å²) in [6.45, 7) is 3.27. The molecule has 1 amide bonds. The largest absolute Gasteiger partial charge is 0.338 e. The van der Waals surface area contributed by atoms with E-state index in [4.69, 9.17) is 5.73 Å². The van der Waals surface area contributed by atoms with Crippen LogP contribution in [0.4, 0.5) is 0 Å². The van der Waals surface area contributed by atoms with Crippen LogP contribution in [0, 0.1) is 6.92 Å². The fraction of sp³-hybridized carbons (Fsp3) is 0.438. The number of carbonyl (C=O) groups is 1. The summed E-state index contributed by atoms with van der Waals surface area (Å²) in [6.07, 6.45) is 2.32. The lowest BCUT2D eigenvalue weighted by molar-refractivity contribution is -0.131. The summed E-state index contributed by atoms with van der Waals surface area (Å²) < 4.78 is 1.77. The molecule has 3 rings (SSSR count). The number of aromatic nitrogens is 3. The first kappa shape index (κ1) is 14.7. The normalized spacial score (nSPS) is 17.9. The van der Waals surface area contributed by atoms with Gasteiger partial charge in [0.25, 0.3) is 0 Å². The Labute approximate surface area is 129 Å². The molecule has 0 radical (unpaired) electrons. The van der Waals surface area contributed by atoms with Gasteiger partial charge < -0.3 is 10.6 Å². The minimum atomic E-state index is 0.0937. The maximum atomic E-state index is 12.5. The van der Waals surface area contributed by atoms with Crippen LogP contribution >= 0.6 is 0 Å². The van der Waals surface area contributed by atoms with Crippen molar-refractivity contribution >= 4 is 5.91 Å². The third-order valence-electron chi connectivity index (χ3n) is 4.28. The van der Waals surface area contributed by atoms with Crippen LogP contribution in [0.3, 0.4) is 0 Å². The van der Waals surface area contributed by atoms with Crippen LogP contribution in [0.2, 0.25) is 0 Å². The molecule has 0 unspecified atom stereocenters. The van der Waals surface area contributed by atoms with Gasteiger partial charge in [0.15, 0.2) is 0 Å². The van der Waals surface area contributed by atoms with Crippen LogP contribution in [0.25, 0.3) is 5.69 Å². The van der Waals surface area contributed by atoms with Crippen LogP contribution in [0.1, 0.15) is 24.2 Å². The fourth-order valence-corrected chi connectivity index (χ4v) is 2.99. The Kier molecular flexibility index (Phi) is 4.20. The Morgan fingerprint density at radius 1 is 1.36 bits per heavy atom. The van der Waals surface area contributed by atoms with Gasteiger partial charge >= 0.3 is 0 Å². The molecule has 6 nitrogen and oxygen atoms in total. The van der Waals surface area contributed by atoms with Gasteiger partial charge in [0.1, 0.15) is 0 Å². The number of carbonyl (C=O) groups excluding carboxylic acids is 1. The van der Waals surface area contributed by atoms with Crippen molar-refractivity contribution in [3.8, 4) is 5.69 Å². The molecule has 1 atom stereocenters. The second-order valence-electron chi connectivity index (χ2n) is 5.66. The van der Waals surface area contributed by atoms with E-state index in [1.807, 2.05) is 42.2 Å². The van der Waals surface area contributed by atoms with E-state index in [1.54, 1.807) is 4.68 Å². The van der Waals surface area contributed by atoms with E-state index < -0.39 is 0 Å². The van der Waals surface area contributed by atoms with Crippen molar-refractivity contribution in [1.29, 1.82) is 0 Å². The number of rotatable bonds is 4. The lowest BCUT2D eigenvalue weighted by atomic mass is 10.2. The van der Waals surface area contributed by atoms with Gasteiger partial charge in [0, 0.05) is 19.1 Å². The second kappa shape index (κ2) is 6.27. The molecule has 0 saturated carbocycles. The van der Waals surface area contributed by atoms with Crippen LogP contribution in [0.15, 0.2) is 30.3 Å². The molecule has 1 saturated heterocycles. The summed E-state index contributed by atoms with van der Waals surface area (Å²) in [5.74, 6) is 0.0937. The van der Waals surface area contributed by atoms with Crippen molar-refractivity contribution in [3.05, 3.63) is 41.7 Å². The smallest absolute Gasteiger partial charge is 0.229 e. The van der Waals surface area contributed by atoms with Gasteiger partial charge in [-0.1, -0.05) is 23.4 Å². The zero-order chi connectivity index (χ0) is 15.5. The van der Waals surface area contributed by atoms with E-state index in [-0.39, 0.29) is 18.4 Å². The molecule has 6 heteroatoms. The number of likely N-dealkylation sites (tertiary alicyclic amines) is 1. The minimum absolute atomic E-state index is 0.0937. The van der Waals surface area contributed by atoms with Gasteiger partial charge in [-0.3, -0.25) is 4.79 Å². The summed E-state index contributed by atoms with van der Waals surface area (Å²) in [5.41, 5.74) is 8.33. The van der Waals surface area contributed by atoms with E-state index in [1.165, 1.54) is 0 Å². The molecule has 2 N–H and O–H groups in total. The van der Waals surface area contributed by atoms with Gasteiger partial charge in [-0.25, -0.2) is 4.68 Å². The SMILES string of the molecule is Cc1c(CC(=O)N2CCC[C@H]2CN)nnn1-c1ccccc1. The number of benzene rings is 1. The van der Waals surface area contributed by atoms with Gasteiger partial charge in [-0.2, -0.15) is 0 Å². The van der Waals surface area contributed by atoms with Crippen molar-refractivity contribution < 1.29 is 4.79 Å². The molecule has 1 fully saturated rings. The molecular formula is C16H21N5O. The molecule has 0 spiro atoms. The Bertz CT molecular complexity index is 652. The maximum absolute atomic E-state index is 12.5. The molecule has 116 valence electrons. The lowest BCUT2D eigenvalue weighted by Crippen LogP contribution is -2.40. The van der Waals surface area contributed by atoms with Crippen molar-refractivity contribution in [2.75, 3.05) is 13.1 Å². The highest BCUT2D eigenvalue weighted by molar-refractivity contribution is 5.79. The van der Waals surface area contributed by atoms with Crippen molar-refractivity contribution in [1.82, 2.24) is 19.9 Å². The first-order valence-electron chi connectivity index (χ1n) is 7.67. The number of hydrogen-bond acceptors (Lipinski definition) is 4. The summed E-state index contributed by atoms with van der Waals surface area (Å²) in [6, 6.07) is 9.99. The zero-order valence-corrected chi connectivity index (χ0v) is 12.8. The van der Waals surface area contributed by atoms with E-state index in [0.29, 0.717) is 6.54 Å². The third kappa shape index (κ3) is 2.74. The average molecular weight is 299 g/mol. The Morgan fingerprint density at radius 2 is 2.14 bits per heavy atom. The summed E-state index contributed by atoms with van der Waals surface area (Å²) >= 11 is 0. The number of hydrogen-bond donors (Lipinski definition) is 1. The van der Waals surface area contributed by atoms with Gasteiger partial charge in [-0.15, -0.1) is 5.10 Å². The van der Waals surface area contributed by atoms with Crippen molar-refractivity contribution in [3.63, 3.8) is 0 Å². The second-order valence-corrected chi connectivity index (χ2v) is 5.66. The van der Waals surface area contributed by atoms with Gasteiger partial charge in [-0.05, 0) is 31.9 Å². The highest BCUT2D eigenvalue weighted by Crippen LogP contribution is 2.19.